The standard InChI is InChI=1S/C24H25N5O2S/c1-4-20(30)28-6-5-15(10-28)11-29-12-17(21-23(25)26-13-27-24(21)29)19-9-16-7-14(2)8-18(31-3)22(16)32-19/h4,7-9,12-13,15H,1,5-6,10-11H2,2-3H3,(H2,25,26,27). The predicted octanol–water partition coefficient (Wildman–Crippen LogP) is 4.25. The molecule has 1 aromatic carbocycles. The summed E-state index contributed by atoms with van der Waals surface area (Å²) in [6.45, 7) is 7.92. The molecule has 1 aliphatic heterocycles. The largest absolute Gasteiger partial charge is 0.495 e. The van der Waals surface area contributed by atoms with E-state index in [2.05, 4.69) is 52.4 Å². The van der Waals surface area contributed by atoms with Gasteiger partial charge in [-0.15, -0.1) is 11.3 Å². The molecule has 0 radical (unpaired) electrons. The van der Waals surface area contributed by atoms with Crippen LogP contribution < -0.4 is 10.5 Å². The number of nitrogens with two attached hydrogens (primary N) is 1. The summed E-state index contributed by atoms with van der Waals surface area (Å²) in [5, 5.41) is 2.01. The summed E-state index contributed by atoms with van der Waals surface area (Å²) in [5.41, 5.74) is 9.32. The molecule has 8 heteroatoms. The maximum Gasteiger partial charge on any atom is 0.245 e. The molecule has 0 aliphatic carbocycles. The van der Waals surface area contributed by atoms with Gasteiger partial charge in [0.2, 0.25) is 5.91 Å². The van der Waals surface area contributed by atoms with E-state index < -0.39 is 0 Å². The van der Waals surface area contributed by atoms with E-state index in [1.165, 1.54) is 12.4 Å². The average Bonchev–Trinajstić information content (AvgIpc) is 3.50. The SMILES string of the molecule is C=CC(=O)N1CCC(Cn2cc(-c3cc4cc(C)cc(OC)c4s3)c3c(N)ncnc32)C1. The third kappa shape index (κ3) is 3.40. The predicted molar refractivity (Wildman–Crippen MR) is 129 cm³/mol. The minimum Gasteiger partial charge on any atom is -0.495 e. The van der Waals surface area contributed by atoms with Crippen LogP contribution in [0.4, 0.5) is 5.82 Å². The number of methoxy groups -OCH3 is 1. The number of ether oxygens (including phenoxy) is 1. The van der Waals surface area contributed by atoms with Gasteiger partial charge in [-0.3, -0.25) is 4.79 Å². The van der Waals surface area contributed by atoms with Crippen molar-refractivity contribution in [1.29, 1.82) is 0 Å². The highest BCUT2D eigenvalue weighted by atomic mass is 32.1. The monoisotopic (exact) mass is 447 g/mol. The normalized spacial score (nSPS) is 16.2. The van der Waals surface area contributed by atoms with Crippen molar-refractivity contribution >= 4 is 44.2 Å². The Morgan fingerprint density at radius 1 is 1.38 bits per heavy atom. The summed E-state index contributed by atoms with van der Waals surface area (Å²) >= 11 is 1.68. The molecule has 1 aliphatic rings. The number of benzene rings is 1. The number of anilines is 1. The van der Waals surface area contributed by atoms with Gasteiger partial charge in [-0.25, -0.2) is 9.97 Å². The van der Waals surface area contributed by atoms with Crippen LogP contribution in [-0.4, -0.2) is 45.5 Å². The van der Waals surface area contributed by atoms with Gasteiger partial charge in [-0.05, 0) is 48.4 Å². The smallest absolute Gasteiger partial charge is 0.245 e. The Kier molecular flexibility index (Phi) is 5.09. The molecule has 2 N–H and O–H groups in total. The molecular formula is C24H25N5O2S. The van der Waals surface area contributed by atoms with Crippen molar-refractivity contribution in [3.63, 3.8) is 0 Å². The molecule has 7 nitrogen and oxygen atoms in total. The van der Waals surface area contributed by atoms with E-state index in [0.717, 1.165) is 68.9 Å². The van der Waals surface area contributed by atoms with Gasteiger partial charge in [0, 0.05) is 36.3 Å². The first-order chi connectivity index (χ1) is 15.5. The highest BCUT2D eigenvalue weighted by Crippen LogP contribution is 2.43. The van der Waals surface area contributed by atoms with Gasteiger partial charge in [-0.2, -0.15) is 0 Å². The number of nitrogens with zero attached hydrogens (tertiary/aromatic N) is 4. The molecule has 32 heavy (non-hydrogen) atoms. The third-order valence-electron chi connectivity index (χ3n) is 6.12. The lowest BCUT2D eigenvalue weighted by molar-refractivity contribution is -0.125. The molecule has 1 unspecified atom stereocenters. The van der Waals surface area contributed by atoms with Gasteiger partial charge in [-0.1, -0.05) is 12.6 Å². The number of hydrogen-bond acceptors (Lipinski definition) is 6. The van der Waals surface area contributed by atoms with Crippen molar-refractivity contribution in [1.82, 2.24) is 19.4 Å². The minimum absolute atomic E-state index is 0.00774. The van der Waals surface area contributed by atoms with Gasteiger partial charge in [0.25, 0.3) is 0 Å². The molecular weight excluding hydrogens is 422 g/mol. The molecule has 164 valence electrons. The van der Waals surface area contributed by atoms with Gasteiger partial charge < -0.3 is 19.9 Å². The number of amides is 1. The lowest BCUT2D eigenvalue weighted by Crippen LogP contribution is -2.27. The van der Waals surface area contributed by atoms with Crippen LogP contribution in [0.2, 0.25) is 0 Å². The minimum atomic E-state index is -0.00774. The first kappa shape index (κ1) is 20.5. The average molecular weight is 448 g/mol. The lowest BCUT2D eigenvalue weighted by Gasteiger charge is -2.15. The van der Waals surface area contributed by atoms with E-state index in [1.807, 2.05) is 4.90 Å². The fourth-order valence-corrected chi connectivity index (χ4v) is 5.76. The number of nitrogen functional groups attached to an aromatic ring is 1. The second-order valence-corrected chi connectivity index (χ2v) is 9.34. The van der Waals surface area contributed by atoms with Crippen LogP contribution in [0.15, 0.2) is 43.4 Å². The molecule has 3 aromatic heterocycles. The van der Waals surface area contributed by atoms with Crippen molar-refractivity contribution < 1.29 is 9.53 Å². The quantitative estimate of drug-likeness (QED) is 0.462. The number of fused-ring (bicyclic) bond motifs is 2. The fraction of sp³-hybridized carbons (Fsp3) is 0.292. The second-order valence-electron chi connectivity index (χ2n) is 8.29. The van der Waals surface area contributed by atoms with Crippen LogP contribution in [0.25, 0.3) is 31.6 Å². The van der Waals surface area contributed by atoms with Crippen molar-refractivity contribution in [2.24, 2.45) is 5.92 Å². The Balaban J connectivity index is 1.57. The molecule has 1 amide bonds. The molecule has 1 fully saturated rings. The van der Waals surface area contributed by atoms with Crippen LogP contribution >= 0.6 is 11.3 Å². The molecule has 0 saturated carbocycles. The van der Waals surface area contributed by atoms with Crippen LogP contribution in [0, 0.1) is 12.8 Å². The number of rotatable bonds is 5. The van der Waals surface area contributed by atoms with Crippen molar-refractivity contribution in [2.45, 2.75) is 19.9 Å². The van der Waals surface area contributed by atoms with Crippen molar-refractivity contribution in [2.75, 3.05) is 25.9 Å². The van der Waals surface area contributed by atoms with Crippen LogP contribution in [-0.2, 0) is 11.3 Å². The fourth-order valence-electron chi connectivity index (χ4n) is 4.61. The van der Waals surface area contributed by atoms with Crippen LogP contribution in [0.1, 0.15) is 12.0 Å². The Bertz CT molecular complexity index is 1360. The van der Waals surface area contributed by atoms with Crippen LogP contribution in [0.5, 0.6) is 5.75 Å². The maximum atomic E-state index is 12.0. The summed E-state index contributed by atoms with van der Waals surface area (Å²) in [6, 6.07) is 6.40. The Morgan fingerprint density at radius 2 is 2.22 bits per heavy atom. The van der Waals surface area contributed by atoms with E-state index in [0.29, 0.717) is 11.7 Å². The van der Waals surface area contributed by atoms with E-state index in [4.69, 9.17) is 10.5 Å². The number of aromatic nitrogens is 3. The van der Waals surface area contributed by atoms with E-state index in [-0.39, 0.29) is 5.91 Å². The van der Waals surface area contributed by atoms with Gasteiger partial charge in [0.1, 0.15) is 23.5 Å². The summed E-state index contributed by atoms with van der Waals surface area (Å²) in [4.78, 5) is 23.7. The highest BCUT2D eigenvalue weighted by molar-refractivity contribution is 7.22. The number of thiophene rings is 1. The molecule has 1 atom stereocenters. The first-order valence-corrected chi connectivity index (χ1v) is 11.4. The Morgan fingerprint density at radius 3 is 3.00 bits per heavy atom. The highest BCUT2D eigenvalue weighted by Gasteiger charge is 2.26. The molecule has 1 saturated heterocycles. The molecule has 5 rings (SSSR count). The lowest BCUT2D eigenvalue weighted by atomic mass is 10.1. The number of carbonyl (C=O) groups is 1. The summed E-state index contributed by atoms with van der Waals surface area (Å²) in [5.74, 6) is 1.69. The van der Waals surface area contributed by atoms with Crippen molar-refractivity contribution in [3.8, 4) is 16.2 Å². The Labute approximate surface area is 190 Å². The zero-order chi connectivity index (χ0) is 22.4. The number of hydrogen-bond donors (Lipinski definition) is 1. The van der Waals surface area contributed by atoms with E-state index >= 15 is 0 Å². The summed E-state index contributed by atoms with van der Waals surface area (Å²) in [6.07, 6.45) is 5.97. The first-order valence-electron chi connectivity index (χ1n) is 10.6. The third-order valence-corrected chi connectivity index (χ3v) is 7.32. The van der Waals surface area contributed by atoms with Gasteiger partial charge in [0.05, 0.1) is 17.2 Å². The number of carbonyl (C=O) groups excluding carboxylic acids is 1. The molecule has 4 aromatic rings. The number of likely N-dealkylation sites (tertiary alicyclic amines) is 1. The number of aryl methyl sites for hydroxylation is 1. The second kappa shape index (κ2) is 7.94. The van der Waals surface area contributed by atoms with E-state index in [9.17, 15) is 4.79 Å². The maximum absolute atomic E-state index is 12.0. The molecule has 0 bridgehead atoms. The zero-order valence-electron chi connectivity index (χ0n) is 18.2. The molecule has 0 spiro atoms. The molecule has 4 heterocycles. The summed E-state index contributed by atoms with van der Waals surface area (Å²) < 4.78 is 8.88. The van der Waals surface area contributed by atoms with Gasteiger partial charge in [0.15, 0.2) is 0 Å². The summed E-state index contributed by atoms with van der Waals surface area (Å²) in [7, 11) is 1.70. The topological polar surface area (TPSA) is 86.3 Å². The van der Waals surface area contributed by atoms with Gasteiger partial charge >= 0.3 is 0 Å². The van der Waals surface area contributed by atoms with Crippen LogP contribution in [0.3, 0.4) is 0 Å². The van der Waals surface area contributed by atoms with E-state index in [1.54, 1.807) is 18.4 Å². The Hall–Kier alpha value is -3.39. The van der Waals surface area contributed by atoms with Crippen molar-refractivity contribution in [3.05, 3.63) is 48.9 Å². The zero-order valence-corrected chi connectivity index (χ0v) is 19.0.